The second-order valence-electron chi connectivity index (χ2n) is 6.54. The molecule has 136 valence electrons. The summed E-state index contributed by atoms with van der Waals surface area (Å²) < 4.78 is 0. The van der Waals surface area contributed by atoms with Gasteiger partial charge in [-0.3, -0.25) is 9.79 Å². The molecule has 2 aromatic carbocycles. The Morgan fingerprint density at radius 1 is 1.31 bits per heavy atom. The van der Waals surface area contributed by atoms with Crippen LogP contribution < -0.4 is 11.1 Å². The van der Waals surface area contributed by atoms with Crippen LogP contribution in [0.5, 0.6) is 0 Å². The summed E-state index contributed by atoms with van der Waals surface area (Å²) >= 11 is 7.46. The maximum Gasteiger partial charge on any atom is 0.251 e. The van der Waals surface area contributed by atoms with Gasteiger partial charge in [0.15, 0.2) is 5.17 Å². The van der Waals surface area contributed by atoms with Crippen molar-refractivity contribution in [3.63, 3.8) is 0 Å². The van der Waals surface area contributed by atoms with Crippen LogP contribution in [0.15, 0.2) is 53.5 Å². The fraction of sp³-hybridized carbons (Fsp3) is 0.300. The molecule has 0 bridgehead atoms. The molecule has 0 saturated heterocycles. The molecule has 0 radical (unpaired) electrons. The van der Waals surface area contributed by atoms with E-state index in [-0.39, 0.29) is 11.4 Å². The Kier molecular flexibility index (Phi) is 5.89. The van der Waals surface area contributed by atoms with E-state index in [0.29, 0.717) is 22.3 Å². The summed E-state index contributed by atoms with van der Waals surface area (Å²) in [7, 11) is 0. The van der Waals surface area contributed by atoms with Gasteiger partial charge in [-0.25, -0.2) is 0 Å². The second kappa shape index (κ2) is 8.14. The number of amides is 1. The zero-order valence-corrected chi connectivity index (χ0v) is 16.2. The van der Waals surface area contributed by atoms with Gasteiger partial charge in [-0.2, -0.15) is 0 Å². The fourth-order valence-electron chi connectivity index (χ4n) is 2.96. The predicted molar refractivity (Wildman–Crippen MR) is 110 cm³/mol. The third kappa shape index (κ3) is 4.59. The zero-order valence-electron chi connectivity index (χ0n) is 14.7. The molecule has 6 heteroatoms. The van der Waals surface area contributed by atoms with Crippen molar-refractivity contribution in [1.82, 2.24) is 5.32 Å². The summed E-state index contributed by atoms with van der Waals surface area (Å²) in [6, 6.07) is 15.3. The largest absolute Gasteiger partial charge is 0.379 e. The molecule has 0 aliphatic carbocycles. The van der Waals surface area contributed by atoms with Gasteiger partial charge in [0.2, 0.25) is 0 Å². The molecule has 1 aliphatic heterocycles. The molecule has 1 aliphatic rings. The predicted octanol–water partition coefficient (Wildman–Crippen LogP) is 3.98. The number of amidine groups is 1. The summed E-state index contributed by atoms with van der Waals surface area (Å²) in [5, 5.41) is 4.30. The van der Waals surface area contributed by atoms with Gasteiger partial charge >= 0.3 is 0 Å². The van der Waals surface area contributed by atoms with Crippen LogP contribution in [-0.2, 0) is 12.0 Å². The number of aliphatic imine (C=N–C) groups is 1. The zero-order chi connectivity index (χ0) is 18.6. The minimum Gasteiger partial charge on any atom is -0.379 e. The number of hydrogen-bond donors (Lipinski definition) is 2. The monoisotopic (exact) mass is 387 g/mol. The molecule has 1 heterocycles. The lowest BCUT2D eigenvalue weighted by atomic mass is 9.88. The Labute approximate surface area is 163 Å². The molecule has 3 N–H and O–H groups in total. The lowest BCUT2D eigenvalue weighted by Crippen LogP contribution is -2.30. The van der Waals surface area contributed by atoms with Crippen LogP contribution in [0.2, 0.25) is 5.02 Å². The molecular formula is C20H22ClN3OS. The van der Waals surface area contributed by atoms with Crippen LogP contribution >= 0.6 is 23.4 Å². The van der Waals surface area contributed by atoms with Crippen molar-refractivity contribution >= 4 is 34.4 Å². The van der Waals surface area contributed by atoms with E-state index in [9.17, 15) is 4.79 Å². The highest BCUT2D eigenvalue weighted by atomic mass is 35.5. The van der Waals surface area contributed by atoms with Gasteiger partial charge in [0.1, 0.15) is 0 Å². The van der Waals surface area contributed by atoms with E-state index in [1.54, 1.807) is 11.8 Å². The SMILES string of the molecule is CC1(c2cccc(C(=O)NCCc3ccc(Cl)cc3)c2)CCSC(N)=N1. The number of nitrogens with one attached hydrogen (secondary N) is 1. The molecule has 0 fully saturated rings. The lowest BCUT2D eigenvalue weighted by molar-refractivity contribution is 0.0954. The topological polar surface area (TPSA) is 67.5 Å². The minimum atomic E-state index is -0.366. The van der Waals surface area contributed by atoms with Crippen molar-refractivity contribution in [3.05, 3.63) is 70.2 Å². The second-order valence-corrected chi connectivity index (χ2v) is 8.09. The molecular weight excluding hydrogens is 366 g/mol. The molecule has 1 atom stereocenters. The first-order valence-electron chi connectivity index (χ1n) is 8.58. The maximum absolute atomic E-state index is 12.5. The molecule has 1 unspecified atom stereocenters. The van der Waals surface area contributed by atoms with E-state index in [1.807, 2.05) is 48.5 Å². The Morgan fingerprint density at radius 2 is 2.08 bits per heavy atom. The molecule has 1 amide bonds. The van der Waals surface area contributed by atoms with Crippen molar-refractivity contribution in [2.75, 3.05) is 12.3 Å². The van der Waals surface area contributed by atoms with Crippen molar-refractivity contribution in [1.29, 1.82) is 0 Å². The quantitative estimate of drug-likeness (QED) is 0.815. The van der Waals surface area contributed by atoms with Gasteiger partial charge in [-0.15, -0.1) is 0 Å². The number of thioether (sulfide) groups is 1. The number of halogens is 1. The Hall–Kier alpha value is -1.98. The maximum atomic E-state index is 12.5. The van der Waals surface area contributed by atoms with Crippen molar-refractivity contribution in [2.45, 2.75) is 25.3 Å². The highest BCUT2D eigenvalue weighted by molar-refractivity contribution is 8.13. The van der Waals surface area contributed by atoms with Gasteiger partial charge in [0.25, 0.3) is 5.91 Å². The van der Waals surface area contributed by atoms with Crippen LogP contribution in [0.4, 0.5) is 0 Å². The van der Waals surface area contributed by atoms with Crippen molar-refractivity contribution < 1.29 is 4.79 Å². The first-order valence-corrected chi connectivity index (χ1v) is 9.94. The van der Waals surface area contributed by atoms with Crippen LogP contribution in [-0.4, -0.2) is 23.4 Å². The number of nitrogens with two attached hydrogens (primary N) is 1. The Bertz CT molecular complexity index is 822. The van der Waals surface area contributed by atoms with Gasteiger partial charge in [0.05, 0.1) is 5.54 Å². The van der Waals surface area contributed by atoms with Crippen LogP contribution in [0.3, 0.4) is 0 Å². The van der Waals surface area contributed by atoms with E-state index >= 15 is 0 Å². The highest BCUT2D eigenvalue weighted by Crippen LogP contribution is 2.35. The van der Waals surface area contributed by atoms with Crippen molar-refractivity contribution in [3.8, 4) is 0 Å². The summed E-state index contributed by atoms with van der Waals surface area (Å²) in [4.78, 5) is 17.1. The van der Waals surface area contributed by atoms with Crippen molar-refractivity contribution in [2.24, 2.45) is 10.7 Å². The van der Waals surface area contributed by atoms with Crippen LogP contribution in [0.1, 0.15) is 34.8 Å². The first kappa shape index (κ1) is 18.8. The van der Waals surface area contributed by atoms with Gasteiger partial charge in [-0.1, -0.05) is 47.6 Å². The smallest absolute Gasteiger partial charge is 0.251 e. The standard InChI is InChI=1S/C20H22ClN3OS/c1-20(10-12-26-19(22)24-20)16-4-2-3-15(13-16)18(25)23-11-9-14-5-7-17(21)8-6-14/h2-8,13H,9-12H2,1H3,(H2,22,24)(H,23,25). The molecule has 3 rings (SSSR count). The van der Waals surface area contributed by atoms with E-state index in [0.717, 1.165) is 29.7 Å². The highest BCUT2D eigenvalue weighted by Gasteiger charge is 2.29. The van der Waals surface area contributed by atoms with Crippen LogP contribution in [0.25, 0.3) is 0 Å². The van der Waals surface area contributed by atoms with Gasteiger partial charge in [-0.05, 0) is 55.2 Å². The summed E-state index contributed by atoms with van der Waals surface area (Å²) in [5.74, 6) is 0.857. The number of benzene rings is 2. The Balaban J connectivity index is 1.65. The van der Waals surface area contributed by atoms with Gasteiger partial charge in [0, 0.05) is 22.9 Å². The first-order chi connectivity index (χ1) is 12.5. The molecule has 0 aromatic heterocycles. The lowest BCUT2D eigenvalue weighted by Gasteiger charge is -2.30. The number of carbonyl (C=O) groups excluding carboxylic acids is 1. The van der Waals surface area contributed by atoms with Gasteiger partial charge < -0.3 is 11.1 Å². The third-order valence-corrected chi connectivity index (χ3v) is 5.60. The number of nitrogens with zero attached hydrogens (tertiary/aromatic N) is 1. The average Bonchev–Trinajstić information content (AvgIpc) is 2.63. The summed E-state index contributed by atoms with van der Waals surface area (Å²) in [6.45, 7) is 2.64. The van der Waals surface area contributed by atoms with E-state index in [4.69, 9.17) is 17.3 Å². The summed E-state index contributed by atoms with van der Waals surface area (Å²) in [5.41, 5.74) is 8.34. The molecule has 0 spiro atoms. The fourth-order valence-corrected chi connectivity index (χ4v) is 4.06. The Morgan fingerprint density at radius 3 is 2.81 bits per heavy atom. The normalized spacial score (nSPS) is 19.7. The number of rotatable bonds is 5. The summed E-state index contributed by atoms with van der Waals surface area (Å²) in [6.07, 6.45) is 1.67. The third-order valence-electron chi connectivity index (χ3n) is 4.55. The average molecular weight is 388 g/mol. The molecule has 26 heavy (non-hydrogen) atoms. The van der Waals surface area contributed by atoms with E-state index in [1.165, 1.54) is 0 Å². The van der Waals surface area contributed by atoms with Crippen LogP contribution in [0, 0.1) is 0 Å². The number of carbonyl (C=O) groups is 1. The minimum absolute atomic E-state index is 0.0773. The molecule has 0 saturated carbocycles. The molecule has 4 nitrogen and oxygen atoms in total. The number of hydrogen-bond acceptors (Lipinski definition) is 4. The van der Waals surface area contributed by atoms with E-state index in [2.05, 4.69) is 17.2 Å². The van der Waals surface area contributed by atoms with E-state index < -0.39 is 0 Å². The molecule has 2 aromatic rings.